The number of H-pyrrole nitrogens is 1. The third-order valence-corrected chi connectivity index (χ3v) is 6.26. The normalized spacial score (nSPS) is 14.2. The van der Waals surface area contributed by atoms with Gasteiger partial charge in [-0.2, -0.15) is 12.6 Å². The van der Waals surface area contributed by atoms with Crippen molar-refractivity contribution < 1.29 is 29.1 Å². The lowest BCUT2D eigenvalue weighted by molar-refractivity contribution is -0.142. The molecule has 208 valence electrons. The third kappa shape index (κ3) is 9.04. The third-order valence-electron chi connectivity index (χ3n) is 5.87. The number of amides is 4. The molecule has 1 heterocycles. The van der Waals surface area contributed by atoms with Gasteiger partial charge in [-0.1, -0.05) is 18.2 Å². The number of primary amides is 1. The Balaban J connectivity index is 2.26. The number of carbonyl (C=O) groups excluding carboxylic acids is 4. The first-order chi connectivity index (χ1) is 18.1. The monoisotopic (exact) mass is 549 g/mol. The Morgan fingerprint density at radius 2 is 1.58 bits per heavy atom. The molecule has 4 atom stereocenters. The number of aromatic amines is 1. The Labute approximate surface area is 225 Å². The Hall–Kier alpha value is -3.62. The Morgan fingerprint density at radius 1 is 0.947 bits per heavy atom. The van der Waals surface area contributed by atoms with Crippen LogP contribution in [0.4, 0.5) is 0 Å². The molecule has 14 heteroatoms. The summed E-state index contributed by atoms with van der Waals surface area (Å²) in [6, 6.07) is 2.45. The molecule has 0 fully saturated rings. The van der Waals surface area contributed by atoms with Crippen LogP contribution in [0.3, 0.4) is 0 Å². The summed E-state index contributed by atoms with van der Waals surface area (Å²) in [6.45, 7) is 0.362. The van der Waals surface area contributed by atoms with Gasteiger partial charge in [0.15, 0.2) is 0 Å². The number of thiol groups is 1. The van der Waals surface area contributed by atoms with Crippen molar-refractivity contribution >= 4 is 53.1 Å². The molecule has 11 N–H and O–H groups in total. The van der Waals surface area contributed by atoms with E-state index in [2.05, 4.69) is 33.6 Å². The number of aromatic nitrogens is 1. The first-order valence-corrected chi connectivity index (χ1v) is 12.7. The van der Waals surface area contributed by atoms with E-state index in [0.717, 1.165) is 10.9 Å². The summed E-state index contributed by atoms with van der Waals surface area (Å²) in [5.41, 5.74) is 18.0. The number of para-hydroxylation sites is 1. The van der Waals surface area contributed by atoms with Gasteiger partial charge in [0.25, 0.3) is 0 Å². The molecule has 4 amide bonds. The van der Waals surface area contributed by atoms with Crippen LogP contribution < -0.4 is 33.2 Å². The van der Waals surface area contributed by atoms with E-state index >= 15 is 0 Å². The summed E-state index contributed by atoms with van der Waals surface area (Å²) >= 11 is 4.01. The Morgan fingerprint density at radius 3 is 2.21 bits per heavy atom. The molecule has 1 aromatic carbocycles. The molecule has 38 heavy (non-hydrogen) atoms. The standard InChI is InChI=1S/C24H35N7O6S/c25-8-4-3-7-17(24(36)37)29-23(35)19(10-20(27)32)31-22(34)18(30-21(33)15(26)12-38)9-13-11-28-16-6-2-1-5-14(13)16/h1-2,5-6,11,15,17-19,28,38H,3-4,7-10,12,25-26H2,(H2,27,32)(H,29,35)(H,30,33)(H,31,34)(H,36,37). The van der Waals surface area contributed by atoms with Gasteiger partial charge in [0.2, 0.25) is 23.6 Å². The maximum absolute atomic E-state index is 13.3. The quantitative estimate of drug-likeness (QED) is 0.0881. The number of carboxylic acid groups (broad SMARTS) is 1. The zero-order valence-corrected chi connectivity index (χ0v) is 21.7. The molecule has 0 radical (unpaired) electrons. The van der Waals surface area contributed by atoms with Gasteiger partial charge in [-0.05, 0) is 37.4 Å². The second-order valence-corrected chi connectivity index (χ2v) is 9.19. The molecule has 4 unspecified atom stereocenters. The van der Waals surface area contributed by atoms with E-state index in [4.69, 9.17) is 17.2 Å². The van der Waals surface area contributed by atoms with Crippen LogP contribution in [0.5, 0.6) is 0 Å². The number of carbonyl (C=O) groups is 5. The number of benzene rings is 1. The number of aliphatic carboxylic acids is 1. The molecule has 0 spiro atoms. The summed E-state index contributed by atoms with van der Waals surface area (Å²) in [5.74, 6) is -4.46. The lowest BCUT2D eigenvalue weighted by Crippen LogP contribution is -2.58. The summed E-state index contributed by atoms with van der Waals surface area (Å²) in [6.07, 6.45) is 2.26. The molecule has 2 rings (SSSR count). The fourth-order valence-electron chi connectivity index (χ4n) is 3.80. The molecule has 1 aromatic heterocycles. The van der Waals surface area contributed by atoms with Gasteiger partial charge in [0.05, 0.1) is 12.5 Å². The Kier molecular flexibility index (Phi) is 12.0. The van der Waals surface area contributed by atoms with Crippen molar-refractivity contribution in [3.05, 3.63) is 36.0 Å². The fourth-order valence-corrected chi connectivity index (χ4v) is 3.96. The first kappa shape index (κ1) is 30.6. The molecule has 2 aromatic rings. The van der Waals surface area contributed by atoms with Crippen LogP contribution in [-0.4, -0.2) is 76.2 Å². The van der Waals surface area contributed by atoms with Gasteiger partial charge < -0.3 is 43.2 Å². The average Bonchev–Trinajstić information content (AvgIpc) is 3.29. The zero-order chi connectivity index (χ0) is 28.2. The van der Waals surface area contributed by atoms with E-state index in [1.807, 2.05) is 24.3 Å². The van der Waals surface area contributed by atoms with E-state index in [1.54, 1.807) is 6.20 Å². The van der Waals surface area contributed by atoms with Crippen LogP contribution in [0.25, 0.3) is 10.9 Å². The average molecular weight is 550 g/mol. The summed E-state index contributed by atoms with van der Waals surface area (Å²) in [4.78, 5) is 65.1. The minimum absolute atomic E-state index is 0.0285. The largest absolute Gasteiger partial charge is 0.480 e. The lowest BCUT2D eigenvalue weighted by atomic mass is 10.0. The molecule has 0 aliphatic carbocycles. The van der Waals surface area contributed by atoms with Gasteiger partial charge >= 0.3 is 5.97 Å². The fraction of sp³-hybridized carbons (Fsp3) is 0.458. The highest BCUT2D eigenvalue weighted by Crippen LogP contribution is 2.19. The van der Waals surface area contributed by atoms with Gasteiger partial charge in [0, 0.05) is 29.3 Å². The number of unbranched alkanes of at least 4 members (excludes halogenated alkanes) is 1. The number of nitrogens with two attached hydrogens (primary N) is 3. The van der Waals surface area contributed by atoms with Gasteiger partial charge in [-0.25, -0.2) is 4.79 Å². The number of carboxylic acids is 1. The smallest absolute Gasteiger partial charge is 0.326 e. The van der Waals surface area contributed by atoms with Crippen molar-refractivity contribution in [3.63, 3.8) is 0 Å². The van der Waals surface area contributed by atoms with Crippen molar-refractivity contribution in [1.82, 2.24) is 20.9 Å². The van der Waals surface area contributed by atoms with Crippen LogP contribution in [0.2, 0.25) is 0 Å². The van der Waals surface area contributed by atoms with E-state index in [9.17, 15) is 29.1 Å². The van der Waals surface area contributed by atoms with Crippen LogP contribution in [-0.2, 0) is 30.4 Å². The SMILES string of the molecule is NCCCCC(NC(=O)C(CC(N)=O)NC(=O)C(Cc1c[nH]c2ccccc12)NC(=O)C(N)CS)C(=O)O. The van der Waals surface area contributed by atoms with Gasteiger partial charge in [-0.3, -0.25) is 19.2 Å². The molecule has 0 aliphatic heterocycles. The molecule has 13 nitrogen and oxygen atoms in total. The number of rotatable bonds is 16. The van der Waals surface area contributed by atoms with Crippen molar-refractivity contribution in [2.45, 2.75) is 56.3 Å². The van der Waals surface area contributed by atoms with E-state index in [1.165, 1.54) is 0 Å². The van der Waals surface area contributed by atoms with Gasteiger partial charge in [-0.15, -0.1) is 0 Å². The van der Waals surface area contributed by atoms with E-state index < -0.39 is 60.2 Å². The van der Waals surface area contributed by atoms with Crippen LogP contribution in [0, 0.1) is 0 Å². The van der Waals surface area contributed by atoms with Crippen molar-refractivity contribution in [2.75, 3.05) is 12.3 Å². The second-order valence-electron chi connectivity index (χ2n) is 8.83. The van der Waals surface area contributed by atoms with E-state index in [-0.39, 0.29) is 18.6 Å². The predicted molar refractivity (Wildman–Crippen MR) is 144 cm³/mol. The molecular formula is C24H35N7O6S. The predicted octanol–water partition coefficient (Wildman–Crippen LogP) is -1.49. The highest BCUT2D eigenvalue weighted by molar-refractivity contribution is 7.80. The maximum atomic E-state index is 13.3. The molecule has 0 saturated heterocycles. The highest BCUT2D eigenvalue weighted by atomic mass is 32.1. The number of hydrogen-bond donors (Lipinski definition) is 9. The molecule has 0 aliphatic rings. The molecule has 0 saturated carbocycles. The summed E-state index contributed by atoms with van der Waals surface area (Å²) < 4.78 is 0. The van der Waals surface area contributed by atoms with Crippen LogP contribution in [0.1, 0.15) is 31.2 Å². The maximum Gasteiger partial charge on any atom is 0.326 e. The first-order valence-electron chi connectivity index (χ1n) is 12.1. The summed E-state index contributed by atoms with van der Waals surface area (Å²) in [7, 11) is 0. The van der Waals surface area contributed by atoms with Crippen molar-refractivity contribution in [2.24, 2.45) is 17.2 Å². The highest BCUT2D eigenvalue weighted by Gasteiger charge is 2.31. The van der Waals surface area contributed by atoms with Crippen LogP contribution in [0.15, 0.2) is 30.5 Å². The molecular weight excluding hydrogens is 514 g/mol. The second kappa shape index (κ2) is 15.0. The minimum Gasteiger partial charge on any atom is -0.480 e. The van der Waals surface area contributed by atoms with Crippen molar-refractivity contribution in [1.29, 1.82) is 0 Å². The zero-order valence-electron chi connectivity index (χ0n) is 20.8. The topological polar surface area (TPSA) is 236 Å². The van der Waals surface area contributed by atoms with Gasteiger partial charge in [0.1, 0.15) is 18.1 Å². The minimum atomic E-state index is -1.47. The summed E-state index contributed by atoms with van der Waals surface area (Å²) in [5, 5.41) is 17.6. The van der Waals surface area contributed by atoms with Crippen molar-refractivity contribution in [3.8, 4) is 0 Å². The van der Waals surface area contributed by atoms with Crippen LogP contribution >= 0.6 is 12.6 Å². The molecule has 0 bridgehead atoms. The lowest BCUT2D eigenvalue weighted by Gasteiger charge is -2.24. The van der Waals surface area contributed by atoms with E-state index in [0.29, 0.717) is 24.9 Å². The Bertz CT molecular complexity index is 1140. The number of nitrogens with one attached hydrogen (secondary N) is 4. The number of hydrogen-bond acceptors (Lipinski definition) is 8. The number of fused-ring (bicyclic) bond motifs is 1.